The fourth-order valence-corrected chi connectivity index (χ4v) is 8.64. The first-order chi connectivity index (χ1) is 40.5. The van der Waals surface area contributed by atoms with Crippen LogP contribution in [0.4, 0.5) is 0 Å². The molecule has 2 aliphatic rings. The van der Waals surface area contributed by atoms with E-state index in [9.17, 15) is 77.3 Å². The number of carboxylic acid groups (broad SMARTS) is 2. The van der Waals surface area contributed by atoms with Gasteiger partial charge in [-0.2, -0.15) is 0 Å². The standard InChI is InChI=1S/C51H87N19O16/c1-25(2)39-48(85)65-30(44(81)67-32(21-37(74)75)42(79)61-23-35(72)63-28(46(83)69-39)13-9-19-59-50(53)54)11-5-7-17-57-34(71)16-15-27(52)41(78)58-18-8-6-12-31-45(82)68-33(22-38(76)77)43(80)62-24-36(73)64-29(14-10-20-60-51(55)56)47(84)70-40(26(3)4)49(86)66-31/h25-33,39-40H,5-24,52H2,1-4H3,(H,57,71)(H,58,78)(H,61,79)(H,62,80)(H,63,72)(H,64,73)(H,65,85)(H,66,86)(H,67,81)(H,68,82)(H,69,83)(H,70,84)(H,74,75)(H,76,77)(H4,53,54,59)(H4,55,56,60)/t27-,28+,29+,30+,31?,32+,33+,39-,40-/m0/s1. The highest BCUT2D eigenvalue weighted by atomic mass is 16.4. The van der Waals surface area contributed by atoms with Crippen molar-refractivity contribution in [3.8, 4) is 0 Å². The zero-order valence-electron chi connectivity index (χ0n) is 48.8. The minimum absolute atomic E-state index is 0.0104. The Morgan fingerprint density at radius 1 is 0.465 bits per heavy atom. The summed E-state index contributed by atoms with van der Waals surface area (Å²) in [5.41, 5.74) is 16.8. The van der Waals surface area contributed by atoms with Crippen LogP contribution in [0.3, 0.4) is 0 Å². The van der Waals surface area contributed by atoms with Crippen LogP contribution >= 0.6 is 0 Å². The molecule has 35 heteroatoms. The molecule has 0 radical (unpaired) electrons. The Morgan fingerprint density at radius 2 is 0.802 bits per heavy atom. The summed E-state index contributed by atoms with van der Waals surface area (Å²) >= 11 is 0. The van der Waals surface area contributed by atoms with E-state index in [2.05, 4.69) is 74.4 Å². The number of amides is 12. The Morgan fingerprint density at radius 3 is 1.17 bits per heavy atom. The number of nitrogens with one attached hydrogen (secondary N) is 16. The lowest BCUT2D eigenvalue weighted by Crippen LogP contribution is -2.59. The van der Waals surface area contributed by atoms with E-state index in [0.717, 1.165) is 0 Å². The van der Waals surface area contributed by atoms with E-state index in [4.69, 9.17) is 28.0 Å². The number of guanidine groups is 2. The van der Waals surface area contributed by atoms with Crippen molar-refractivity contribution in [2.45, 2.75) is 172 Å². The highest BCUT2D eigenvalue weighted by molar-refractivity contribution is 6.00. The molecule has 86 heavy (non-hydrogen) atoms. The lowest BCUT2D eigenvalue weighted by atomic mass is 10.0. The van der Waals surface area contributed by atoms with Crippen LogP contribution in [0, 0.1) is 22.7 Å². The maximum Gasteiger partial charge on any atom is 0.305 e. The molecule has 2 aliphatic heterocycles. The number of unbranched alkanes of at least 4 members (excludes halogenated alkanes) is 2. The lowest BCUT2D eigenvalue weighted by molar-refractivity contribution is -0.141. The van der Waals surface area contributed by atoms with Crippen molar-refractivity contribution < 1.29 is 77.3 Å². The minimum Gasteiger partial charge on any atom is -0.481 e. The average molecular weight is 1220 g/mol. The van der Waals surface area contributed by atoms with Crippen LogP contribution in [0.15, 0.2) is 0 Å². The topological polar surface area (TPSA) is 574 Å². The van der Waals surface area contributed by atoms with Gasteiger partial charge in [-0.05, 0) is 82.5 Å². The third kappa shape index (κ3) is 28.6. The molecule has 2 fully saturated rings. The van der Waals surface area contributed by atoms with Crippen LogP contribution in [0.2, 0.25) is 0 Å². The summed E-state index contributed by atoms with van der Waals surface area (Å²) in [6.45, 7) is 5.47. The molecule has 0 saturated carbocycles. The van der Waals surface area contributed by atoms with Gasteiger partial charge in [0.2, 0.25) is 70.9 Å². The largest absolute Gasteiger partial charge is 0.481 e. The Labute approximate surface area is 496 Å². The molecule has 2 rings (SSSR count). The molecule has 24 N–H and O–H groups in total. The summed E-state index contributed by atoms with van der Waals surface area (Å²) in [7, 11) is 0. The van der Waals surface area contributed by atoms with Crippen molar-refractivity contribution >= 4 is 94.7 Å². The number of hydrogen-bond donors (Lipinski definition) is 21. The van der Waals surface area contributed by atoms with Crippen LogP contribution in [0.1, 0.15) is 118 Å². The van der Waals surface area contributed by atoms with E-state index in [1.54, 1.807) is 27.7 Å². The van der Waals surface area contributed by atoms with Crippen LogP contribution in [0.5, 0.6) is 0 Å². The van der Waals surface area contributed by atoms with Crippen molar-refractivity contribution in [2.75, 3.05) is 39.3 Å². The summed E-state index contributed by atoms with van der Waals surface area (Å²) < 4.78 is 0. The molecule has 0 aromatic rings. The summed E-state index contributed by atoms with van der Waals surface area (Å²) in [4.78, 5) is 183. The van der Waals surface area contributed by atoms with Gasteiger partial charge < -0.3 is 102 Å². The predicted octanol–water partition coefficient (Wildman–Crippen LogP) is -7.41. The van der Waals surface area contributed by atoms with Gasteiger partial charge in [0.1, 0.15) is 48.3 Å². The van der Waals surface area contributed by atoms with Crippen LogP contribution in [-0.4, -0.2) is 199 Å². The maximum absolute atomic E-state index is 13.8. The zero-order valence-corrected chi connectivity index (χ0v) is 48.8. The molecule has 0 aromatic heterocycles. The minimum atomic E-state index is -1.69. The molecule has 482 valence electrons. The van der Waals surface area contributed by atoms with Gasteiger partial charge in [0.05, 0.1) is 32.0 Å². The van der Waals surface area contributed by atoms with Gasteiger partial charge in [-0.1, -0.05) is 27.7 Å². The van der Waals surface area contributed by atoms with Crippen LogP contribution < -0.4 is 91.6 Å². The van der Waals surface area contributed by atoms with E-state index >= 15 is 0 Å². The summed E-state index contributed by atoms with van der Waals surface area (Å²) in [5, 5.41) is 68.8. The van der Waals surface area contributed by atoms with Gasteiger partial charge in [-0.3, -0.25) is 77.9 Å². The fourth-order valence-electron chi connectivity index (χ4n) is 8.64. The number of aliphatic carboxylic acids is 2. The van der Waals surface area contributed by atoms with Gasteiger partial charge in [0.25, 0.3) is 0 Å². The van der Waals surface area contributed by atoms with Gasteiger partial charge >= 0.3 is 11.9 Å². The van der Waals surface area contributed by atoms with E-state index in [-0.39, 0.29) is 115 Å². The highest BCUT2D eigenvalue weighted by Gasteiger charge is 2.36. The Bertz CT molecular complexity index is 2450. The van der Waals surface area contributed by atoms with Gasteiger partial charge in [0, 0.05) is 32.6 Å². The van der Waals surface area contributed by atoms with Crippen molar-refractivity contribution in [1.82, 2.24) is 74.4 Å². The zero-order chi connectivity index (χ0) is 64.6. The molecule has 0 spiro atoms. The van der Waals surface area contributed by atoms with E-state index < -0.39 is 175 Å². The first kappa shape index (κ1) is 73.2. The number of nitrogens with two attached hydrogens (primary N) is 3. The normalized spacial score (nSPS) is 22.7. The maximum atomic E-state index is 13.8. The monoisotopic (exact) mass is 1220 g/mol. The number of carbonyl (C=O) groups is 14. The van der Waals surface area contributed by atoms with E-state index in [1.165, 1.54) is 0 Å². The molecule has 0 aliphatic carbocycles. The summed E-state index contributed by atoms with van der Waals surface area (Å²) in [5.74, 6) is -14.6. The van der Waals surface area contributed by atoms with E-state index in [1.807, 2.05) is 0 Å². The SMILES string of the molecule is CC(C)[C@@H]1NC(=O)[C@@H](CCCNC(=N)N)NC(=O)CNC(=O)[C@@H](CC(=O)O)NC(=O)C(CCCCNC(=O)[C@@H](N)CCC(=O)NCCCC[C@H]2NC(=O)[C@H](C(C)C)NC(=O)[C@@H](CCCNC(=N)N)NC(=O)CNC(=O)[C@@H](CC(=O)O)NC2=O)NC1=O. The van der Waals surface area contributed by atoms with Crippen molar-refractivity contribution in [3.63, 3.8) is 0 Å². The molecule has 0 bridgehead atoms. The second-order valence-corrected chi connectivity index (χ2v) is 21.3. The molecular formula is C51H87N19O16. The lowest BCUT2D eigenvalue weighted by Gasteiger charge is -2.27. The molecule has 2 saturated heterocycles. The highest BCUT2D eigenvalue weighted by Crippen LogP contribution is 2.12. The molecule has 2 heterocycles. The number of rotatable bonds is 28. The van der Waals surface area contributed by atoms with Crippen molar-refractivity contribution in [3.05, 3.63) is 0 Å². The number of carbonyl (C=O) groups excluding carboxylic acids is 12. The molecule has 0 aromatic carbocycles. The molecule has 9 atom stereocenters. The average Bonchev–Trinajstić information content (AvgIpc) is 3.35. The smallest absolute Gasteiger partial charge is 0.305 e. The van der Waals surface area contributed by atoms with Crippen molar-refractivity contribution in [2.24, 2.45) is 29.0 Å². The third-order valence-corrected chi connectivity index (χ3v) is 13.4. The quantitative estimate of drug-likeness (QED) is 0.0197. The van der Waals surface area contributed by atoms with Crippen molar-refractivity contribution in [1.29, 1.82) is 10.8 Å². The second kappa shape index (κ2) is 38.1. The van der Waals surface area contributed by atoms with E-state index in [0.29, 0.717) is 0 Å². The Balaban J connectivity index is 2.06. The number of carboxylic acids is 2. The first-order valence-electron chi connectivity index (χ1n) is 28.3. The van der Waals surface area contributed by atoms with Gasteiger partial charge in [-0.25, -0.2) is 0 Å². The Hall–Kier alpha value is -8.92. The van der Waals surface area contributed by atoms with Crippen LogP contribution in [-0.2, 0) is 67.1 Å². The fraction of sp³-hybridized carbons (Fsp3) is 0.686. The predicted molar refractivity (Wildman–Crippen MR) is 305 cm³/mol. The first-order valence-corrected chi connectivity index (χ1v) is 28.3. The van der Waals surface area contributed by atoms with Crippen LogP contribution in [0.25, 0.3) is 0 Å². The Kier molecular flexibility index (Phi) is 32.4. The molecule has 1 unspecified atom stereocenters. The third-order valence-electron chi connectivity index (χ3n) is 13.4. The number of hydrogen-bond acceptors (Lipinski definition) is 17. The molecule has 35 nitrogen and oxygen atoms in total. The molecule has 12 amide bonds. The van der Waals surface area contributed by atoms with Gasteiger partial charge in [0.15, 0.2) is 11.9 Å². The summed E-state index contributed by atoms with van der Waals surface area (Å²) in [6, 6.07) is -12.2. The van der Waals surface area contributed by atoms with Gasteiger partial charge in [-0.15, -0.1) is 0 Å². The summed E-state index contributed by atoms with van der Waals surface area (Å²) in [6.07, 6.45) is -1.02. The molecular weight excluding hydrogens is 1130 g/mol. The second-order valence-electron chi connectivity index (χ2n) is 21.3.